The van der Waals surface area contributed by atoms with Gasteiger partial charge in [-0.15, -0.1) is 0 Å². The Morgan fingerprint density at radius 3 is 3.05 bits per heavy atom. The van der Waals surface area contributed by atoms with Crippen LogP contribution >= 0.6 is 0 Å². The van der Waals surface area contributed by atoms with Crippen LogP contribution in [-0.4, -0.2) is 22.6 Å². The van der Waals surface area contributed by atoms with Crippen LogP contribution in [0.2, 0.25) is 0 Å². The summed E-state index contributed by atoms with van der Waals surface area (Å²) in [5.74, 6) is 2.30. The van der Waals surface area contributed by atoms with Gasteiger partial charge >= 0.3 is 5.97 Å². The van der Waals surface area contributed by atoms with Gasteiger partial charge in [-0.25, -0.2) is 4.98 Å². The Kier molecular flexibility index (Phi) is 2.89. The predicted molar refractivity (Wildman–Crippen MR) is 68.5 cm³/mol. The highest BCUT2D eigenvalue weighted by Gasteiger charge is 2.28. The first kappa shape index (κ1) is 12.0. The van der Waals surface area contributed by atoms with Gasteiger partial charge in [-0.2, -0.15) is 0 Å². The van der Waals surface area contributed by atoms with E-state index in [9.17, 15) is 4.79 Å². The molecular weight excluding hydrogens is 244 g/mol. The van der Waals surface area contributed by atoms with Crippen molar-refractivity contribution in [2.45, 2.75) is 26.3 Å². The molecule has 19 heavy (non-hydrogen) atoms. The van der Waals surface area contributed by atoms with Crippen LogP contribution in [0.5, 0.6) is 0 Å². The Labute approximate surface area is 111 Å². The number of esters is 1. The first-order chi connectivity index (χ1) is 9.19. The van der Waals surface area contributed by atoms with E-state index in [1.807, 2.05) is 25.3 Å². The Balaban J connectivity index is 1.90. The molecule has 1 aliphatic heterocycles. The van der Waals surface area contributed by atoms with Gasteiger partial charge < -0.3 is 13.7 Å². The number of aromatic nitrogens is 2. The molecule has 100 valence electrons. The van der Waals surface area contributed by atoms with Gasteiger partial charge in [-0.1, -0.05) is 0 Å². The fourth-order valence-electron chi connectivity index (χ4n) is 2.58. The summed E-state index contributed by atoms with van der Waals surface area (Å²) in [7, 11) is 1.44. The molecule has 2 aromatic rings. The molecule has 0 N–H and O–H groups in total. The van der Waals surface area contributed by atoms with Crippen molar-refractivity contribution < 1.29 is 13.9 Å². The molecular formula is C14H16N2O3. The van der Waals surface area contributed by atoms with Gasteiger partial charge in [0.15, 0.2) is 11.6 Å². The molecule has 2 aromatic heterocycles. The Morgan fingerprint density at radius 1 is 1.53 bits per heavy atom. The highest BCUT2D eigenvalue weighted by molar-refractivity contribution is 5.72. The molecule has 0 aromatic carbocycles. The van der Waals surface area contributed by atoms with Crippen molar-refractivity contribution in [3.8, 4) is 11.6 Å². The van der Waals surface area contributed by atoms with Crippen LogP contribution < -0.4 is 0 Å². The van der Waals surface area contributed by atoms with Crippen LogP contribution in [-0.2, 0) is 22.5 Å². The molecule has 1 atom stereocenters. The molecule has 3 heterocycles. The van der Waals surface area contributed by atoms with E-state index in [4.69, 9.17) is 9.15 Å². The smallest absolute Gasteiger partial charge is 0.309 e. The number of carbonyl (C=O) groups is 1. The predicted octanol–water partition coefficient (Wildman–Crippen LogP) is 2.19. The third kappa shape index (κ3) is 2.05. The first-order valence-corrected chi connectivity index (χ1v) is 6.38. The average molecular weight is 260 g/mol. The number of furan rings is 1. The zero-order chi connectivity index (χ0) is 13.4. The number of nitrogens with zero attached hydrogens (tertiary/aromatic N) is 2. The molecule has 0 spiro atoms. The molecule has 0 radical (unpaired) electrons. The number of ether oxygens (including phenoxy) is 1. The van der Waals surface area contributed by atoms with Crippen LogP contribution in [0.1, 0.15) is 17.9 Å². The molecule has 0 bridgehead atoms. The topological polar surface area (TPSA) is 57.3 Å². The highest BCUT2D eigenvalue weighted by Crippen LogP contribution is 2.28. The Morgan fingerprint density at radius 2 is 2.37 bits per heavy atom. The minimum atomic E-state index is -0.136. The van der Waals surface area contributed by atoms with Gasteiger partial charge in [-0.05, 0) is 25.5 Å². The van der Waals surface area contributed by atoms with Crippen LogP contribution in [0, 0.1) is 12.8 Å². The molecule has 1 aliphatic rings. The molecule has 0 amide bonds. The lowest BCUT2D eigenvalue weighted by atomic mass is 9.96. The molecule has 5 nitrogen and oxygen atoms in total. The summed E-state index contributed by atoms with van der Waals surface area (Å²) in [6.07, 6.45) is 3.28. The van der Waals surface area contributed by atoms with E-state index in [0.717, 1.165) is 36.0 Å². The van der Waals surface area contributed by atoms with Crippen molar-refractivity contribution in [3.63, 3.8) is 0 Å². The van der Waals surface area contributed by atoms with Crippen LogP contribution in [0.15, 0.2) is 22.7 Å². The van der Waals surface area contributed by atoms with Gasteiger partial charge in [0, 0.05) is 24.9 Å². The number of rotatable bonds is 2. The largest absolute Gasteiger partial charge is 0.469 e. The fourth-order valence-corrected chi connectivity index (χ4v) is 2.58. The Bertz CT molecular complexity index is 612. The molecule has 0 saturated carbocycles. The molecule has 1 unspecified atom stereocenters. The fraction of sp³-hybridized carbons (Fsp3) is 0.429. The van der Waals surface area contributed by atoms with E-state index in [-0.39, 0.29) is 11.9 Å². The number of hydrogen-bond acceptors (Lipinski definition) is 4. The van der Waals surface area contributed by atoms with E-state index >= 15 is 0 Å². The monoisotopic (exact) mass is 260 g/mol. The number of aryl methyl sites for hydroxylation is 1. The normalized spacial score (nSPS) is 18.1. The zero-order valence-corrected chi connectivity index (χ0v) is 11.0. The van der Waals surface area contributed by atoms with E-state index in [0.29, 0.717) is 6.42 Å². The van der Waals surface area contributed by atoms with Crippen LogP contribution in [0.4, 0.5) is 0 Å². The van der Waals surface area contributed by atoms with E-state index in [1.54, 1.807) is 0 Å². The third-order valence-electron chi connectivity index (χ3n) is 3.59. The van der Waals surface area contributed by atoms with E-state index < -0.39 is 0 Å². The van der Waals surface area contributed by atoms with Crippen molar-refractivity contribution in [2.75, 3.05) is 7.11 Å². The van der Waals surface area contributed by atoms with Crippen molar-refractivity contribution in [2.24, 2.45) is 5.92 Å². The van der Waals surface area contributed by atoms with Crippen molar-refractivity contribution >= 4 is 5.97 Å². The average Bonchev–Trinajstić information content (AvgIpc) is 3.02. The summed E-state index contributed by atoms with van der Waals surface area (Å²) in [6.45, 7) is 2.68. The summed E-state index contributed by atoms with van der Waals surface area (Å²) < 4.78 is 12.5. The highest BCUT2D eigenvalue weighted by atomic mass is 16.5. The molecule has 0 aliphatic carbocycles. The number of carbonyl (C=O) groups excluding carboxylic acids is 1. The van der Waals surface area contributed by atoms with Gasteiger partial charge in [-0.3, -0.25) is 4.79 Å². The third-order valence-corrected chi connectivity index (χ3v) is 3.59. The van der Waals surface area contributed by atoms with Gasteiger partial charge in [0.05, 0.1) is 13.0 Å². The summed E-state index contributed by atoms with van der Waals surface area (Å²) in [4.78, 5) is 16.0. The van der Waals surface area contributed by atoms with Crippen molar-refractivity contribution in [3.05, 3.63) is 29.8 Å². The van der Waals surface area contributed by atoms with Crippen LogP contribution in [0.3, 0.4) is 0 Å². The maximum absolute atomic E-state index is 11.6. The second kappa shape index (κ2) is 4.57. The standard InChI is InChI=1S/C14H16N2O3/c1-9-3-4-12(19-9)13-15-8-11-7-10(14(17)18-2)5-6-16(11)13/h3-4,8,10H,5-7H2,1-2H3. The first-order valence-electron chi connectivity index (χ1n) is 6.38. The van der Waals surface area contributed by atoms with E-state index in [2.05, 4.69) is 9.55 Å². The summed E-state index contributed by atoms with van der Waals surface area (Å²) in [5, 5.41) is 0. The summed E-state index contributed by atoms with van der Waals surface area (Å²) >= 11 is 0. The van der Waals surface area contributed by atoms with Crippen LogP contribution in [0.25, 0.3) is 11.6 Å². The molecule has 5 heteroatoms. The summed E-state index contributed by atoms with van der Waals surface area (Å²) in [5.41, 5.74) is 1.06. The molecule has 0 saturated heterocycles. The minimum Gasteiger partial charge on any atom is -0.469 e. The molecule has 3 rings (SSSR count). The summed E-state index contributed by atoms with van der Waals surface area (Å²) in [6, 6.07) is 3.86. The van der Waals surface area contributed by atoms with Gasteiger partial charge in [0.25, 0.3) is 0 Å². The maximum Gasteiger partial charge on any atom is 0.309 e. The maximum atomic E-state index is 11.6. The number of methoxy groups -OCH3 is 1. The van der Waals surface area contributed by atoms with E-state index in [1.165, 1.54) is 7.11 Å². The SMILES string of the molecule is COC(=O)C1CCn2c(cnc2-c2ccc(C)o2)C1. The lowest BCUT2D eigenvalue weighted by Crippen LogP contribution is -2.26. The quantitative estimate of drug-likeness (QED) is 0.777. The van der Waals surface area contributed by atoms with Crippen molar-refractivity contribution in [1.29, 1.82) is 0 Å². The zero-order valence-electron chi connectivity index (χ0n) is 11.0. The second-order valence-electron chi connectivity index (χ2n) is 4.85. The lowest BCUT2D eigenvalue weighted by Gasteiger charge is -2.22. The Hall–Kier alpha value is -2.04. The molecule has 0 fully saturated rings. The lowest BCUT2D eigenvalue weighted by molar-refractivity contribution is -0.146. The van der Waals surface area contributed by atoms with Crippen molar-refractivity contribution in [1.82, 2.24) is 9.55 Å². The number of hydrogen-bond donors (Lipinski definition) is 0. The van der Waals surface area contributed by atoms with Gasteiger partial charge in [0.2, 0.25) is 0 Å². The second-order valence-corrected chi connectivity index (χ2v) is 4.85. The minimum absolute atomic E-state index is 0.0552. The van der Waals surface area contributed by atoms with Gasteiger partial charge in [0.1, 0.15) is 5.76 Å². The number of imidazole rings is 1. The number of fused-ring (bicyclic) bond motifs is 1.